The van der Waals surface area contributed by atoms with Gasteiger partial charge in [-0.15, -0.1) is 11.8 Å². The minimum Gasteiger partial charge on any atom is -0.336 e. The fraction of sp³-hybridized carbons (Fsp3) is 0.467. The van der Waals surface area contributed by atoms with Gasteiger partial charge in [0.2, 0.25) is 15.9 Å². The topological polar surface area (TPSA) is 86.8 Å². The van der Waals surface area contributed by atoms with E-state index in [1.165, 1.54) is 22.3 Å². The van der Waals surface area contributed by atoms with E-state index in [-0.39, 0.29) is 17.1 Å². The molecular formula is C15H19N3O4S2. The van der Waals surface area contributed by atoms with Crippen LogP contribution >= 0.6 is 11.8 Å². The molecule has 0 aliphatic carbocycles. The summed E-state index contributed by atoms with van der Waals surface area (Å²) in [6.45, 7) is 3.17. The molecule has 1 fully saturated rings. The first-order valence-electron chi connectivity index (χ1n) is 7.61. The Morgan fingerprint density at radius 3 is 2.54 bits per heavy atom. The molecule has 0 radical (unpaired) electrons. The van der Waals surface area contributed by atoms with Crippen molar-refractivity contribution in [2.45, 2.75) is 17.1 Å². The van der Waals surface area contributed by atoms with E-state index in [2.05, 4.69) is 5.32 Å². The van der Waals surface area contributed by atoms with Crippen molar-refractivity contribution in [2.24, 2.45) is 0 Å². The molecule has 7 nitrogen and oxygen atoms in total. The number of fused-ring (bicyclic) bond motifs is 1. The number of sulfonamides is 1. The molecule has 24 heavy (non-hydrogen) atoms. The minimum atomic E-state index is -3.22. The molecule has 1 aromatic rings. The number of rotatable bonds is 2. The Kier molecular flexibility index (Phi) is 4.58. The van der Waals surface area contributed by atoms with E-state index in [4.69, 9.17) is 0 Å². The Morgan fingerprint density at radius 2 is 1.92 bits per heavy atom. The van der Waals surface area contributed by atoms with Gasteiger partial charge in [-0.3, -0.25) is 9.59 Å². The maximum absolute atomic E-state index is 12.6. The number of carbonyl (C=O) groups is 2. The van der Waals surface area contributed by atoms with Crippen LogP contribution in [0, 0.1) is 0 Å². The molecule has 0 aromatic heterocycles. The predicted octanol–water partition coefficient (Wildman–Crippen LogP) is 0.837. The molecular weight excluding hydrogens is 350 g/mol. The summed E-state index contributed by atoms with van der Waals surface area (Å²) >= 11 is 1.47. The number of benzene rings is 1. The van der Waals surface area contributed by atoms with E-state index >= 15 is 0 Å². The first-order valence-corrected chi connectivity index (χ1v) is 10.3. The highest BCUT2D eigenvalue weighted by Gasteiger charge is 2.28. The highest BCUT2D eigenvalue weighted by Crippen LogP contribution is 2.36. The van der Waals surface area contributed by atoms with Crippen LogP contribution in [-0.4, -0.2) is 67.1 Å². The van der Waals surface area contributed by atoms with Crippen molar-refractivity contribution in [2.75, 3.05) is 37.8 Å². The fourth-order valence-corrected chi connectivity index (χ4v) is 4.50. The van der Waals surface area contributed by atoms with Crippen molar-refractivity contribution in [3.63, 3.8) is 0 Å². The zero-order valence-corrected chi connectivity index (χ0v) is 15.1. The summed E-state index contributed by atoms with van der Waals surface area (Å²) in [6, 6.07) is 5.29. The maximum Gasteiger partial charge on any atom is 0.254 e. The molecule has 1 N–H and O–H groups in total. The molecule has 9 heteroatoms. The third-order valence-electron chi connectivity index (χ3n) is 4.15. The molecule has 0 saturated carbocycles. The lowest BCUT2D eigenvalue weighted by Gasteiger charge is -2.33. The number of piperazine rings is 1. The molecule has 0 spiro atoms. The van der Waals surface area contributed by atoms with E-state index in [1.807, 2.05) is 13.0 Å². The highest BCUT2D eigenvalue weighted by molar-refractivity contribution is 8.01. The van der Waals surface area contributed by atoms with Gasteiger partial charge >= 0.3 is 0 Å². The lowest BCUT2D eigenvalue weighted by molar-refractivity contribution is -0.115. The van der Waals surface area contributed by atoms with Crippen LogP contribution in [0.1, 0.15) is 17.3 Å². The van der Waals surface area contributed by atoms with Gasteiger partial charge < -0.3 is 10.2 Å². The van der Waals surface area contributed by atoms with E-state index in [0.717, 1.165) is 4.90 Å². The summed E-state index contributed by atoms with van der Waals surface area (Å²) in [7, 11) is -3.22. The van der Waals surface area contributed by atoms with E-state index in [1.54, 1.807) is 17.0 Å². The van der Waals surface area contributed by atoms with Gasteiger partial charge in [-0.1, -0.05) is 0 Å². The van der Waals surface area contributed by atoms with Gasteiger partial charge in [0.1, 0.15) is 0 Å². The van der Waals surface area contributed by atoms with Crippen LogP contribution in [0.15, 0.2) is 23.1 Å². The SMILES string of the molecule is CC1Sc2ccc(C(=O)N3CCN(S(C)(=O)=O)CC3)cc2NC1=O. The van der Waals surface area contributed by atoms with Crippen molar-refractivity contribution < 1.29 is 18.0 Å². The molecule has 1 saturated heterocycles. The van der Waals surface area contributed by atoms with Crippen LogP contribution in [0.2, 0.25) is 0 Å². The number of amides is 2. The van der Waals surface area contributed by atoms with Crippen molar-refractivity contribution in [1.82, 2.24) is 9.21 Å². The molecule has 3 rings (SSSR count). The molecule has 2 aliphatic rings. The van der Waals surface area contributed by atoms with Gasteiger partial charge in [0.15, 0.2) is 0 Å². The molecule has 2 heterocycles. The van der Waals surface area contributed by atoms with Gasteiger partial charge in [-0.25, -0.2) is 8.42 Å². The standard InChI is InChI=1S/C15H19N3O4S2/c1-10-14(19)16-12-9-11(3-4-13(12)23-10)15(20)17-5-7-18(8-6-17)24(2,21)22/h3-4,9-10H,5-8H2,1-2H3,(H,16,19). The molecule has 0 bridgehead atoms. The fourth-order valence-electron chi connectivity index (χ4n) is 2.75. The Bertz CT molecular complexity index is 786. The van der Waals surface area contributed by atoms with Gasteiger partial charge in [-0.05, 0) is 25.1 Å². The van der Waals surface area contributed by atoms with Gasteiger partial charge in [-0.2, -0.15) is 4.31 Å². The van der Waals surface area contributed by atoms with Gasteiger partial charge in [0, 0.05) is 36.6 Å². The normalized spacial score (nSPS) is 22.0. The van der Waals surface area contributed by atoms with Crippen molar-refractivity contribution >= 4 is 39.3 Å². The zero-order valence-electron chi connectivity index (χ0n) is 13.5. The molecule has 1 unspecified atom stereocenters. The summed E-state index contributed by atoms with van der Waals surface area (Å²) < 4.78 is 24.4. The summed E-state index contributed by atoms with van der Waals surface area (Å²) in [5.74, 6) is -0.220. The van der Waals surface area contributed by atoms with E-state index in [0.29, 0.717) is 37.4 Å². The third kappa shape index (κ3) is 3.42. The van der Waals surface area contributed by atoms with Gasteiger partial charge in [0.25, 0.3) is 5.91 Å². The molecule has 130 valence electrons. The van der Waals surface area contributed by atoms with Crippen LogP contribution in [-0.2, 0) is 14.8 Å². The lowest BCUT2D eigenvalue weighted by Crippen LogP contribution is -2.50. The van der Waals surface area contributed by atoms with Gasteiger partial charge in [0.05, 0.1) is 17.2 Å². The number of hydrogen-bond acceptors (Lipinski definition) is 5. The lowest BCUT2D eigenvalue weighted by atomic mass is 10.1. The molecule has 1 aromatic carbocycles. The number of nitrogens with zero attached hydrogens (tertiary/aromatic N) is 2. The number of carbonyl (C=O) groups excluding carboxylic acids is 2. The summed E-state index contributed by atoms with van der Waals surface area (Å²) in [6.07, 6.45) is 1.18. The average molecular weight is 369 g/mol. The van der Waals surface area contributed by atoms with Crippen molar-refractivity contribution in [1.29, 1.82) is 0 Å². The predicted molar refractivity (Wildman–Crippen MR) is 92.7 cm³/mol. The second kappa shape index (κ2) is 6.38. The van der Waals surface area contributed by atoms with E-state index < -0.39 is 10.0 Å². The number of nitrogens with one attached hydrogen (secondary N) is 1. The van der Waals surface area contributed by atoms with Crippen LogP contribution in [0.25, 0.3) is 0 Å². The number of anilines is 1. The second-order valence-electron chi connectivity index (χ2n) is 5.91. The van der Waals surface area contributed by atoms with Crippen LogP contribution in [0.5, 0.6) is 0 Å². The zero-order chi connectivity index (χ0) is 17.5. The average Bonchev–Trinajstić information content (AvgIpc) is 2.54. The number of thioether (sulfide) groups is 1. The molecule has 1 atom stereocenters. The Morgan fingerprint density at radius 1 is 1.25 bits per heavy atom. The third-order valence-corrected chi connectivity index (χ3v) is 6.63. The highest BCUT2D eigenvalue weighted by atomic mass is 32.2. The quantitative estimate of drug-likeness (QED) is 0.835. The first kappa shape index (κ1) is 17.2. The summed E-state index contributed by atoms with van der Waals surface area (Å²) in [5.41, 5.74) is 1.15. The van der Waals surface area contributed by atoms with E-state index in [9.17, 15) is 18.0 Å². The maximum atomic E-state index is 12.6. The Labute approximate surface area is 145 Å². The smallest absolute Gasteiger partial charge is 0.254 e. The van der Waals surface area contributed by atoms with Crippen LogP contribution < -0.4 is 5.32 Å². The van der Waals surface area contributed by atoms with Crippen LogP contribution in [0.3, 0.4) is 0 Å². The molecule has 2 amide bonds. The minimum absolute atomic E-state index is 0.0705. The molecule has 2 aliphatic heterocycles. The second-order valence-corrected chi connectivity index (χ2v) is 9.28. The Balaban J connectivity index is 1.73. The summed E-state index contributed by atoms with van der Waals surface area (Å²) in [5, 5.41) is 2.67. The van der Waals surface area contributed by atoms with Crippen LogP contribution in [0.4, 0.5) is 5.69 Å². The first-order chi connectivity index (χ1) is 11.3. The Hall–Kier alpha value is -1.58. The monoisotopic (exact) mass is 369 g/mol. The summed E-state index contributed by atoms with van der Waals surface area (Å²) in [4.78, 5) is 27.0. The van der Waals surface area contributed by atoms with Crippen molar-refractivity contribution in [3.8, 4) is 0 Å². The van der Waals surface area contributed by atoms with Crippen molar-refractivity contribution in [3.05, 3.63) is 23.8 Å². The number of hydrogen-bond donors (Lipinski definition) is 1. The largest absolute Gasteiger partial charge is 0.336 e.